The van der Waals surface area contributed by atoms with Crippen LogP contribution in [0.5, 0.6) is 11.5 Å². The molecule has 0 saturated carbocycles. The number of esters is 2. The summed E-state index contributed by atoms with van der Waals surface area (Å²) >= 11 is 0. The highest BCUT2D eigenvalue weighted by molar-refractivity contribution is 5.70. The number of aromatic hydroxyl groups is 2. The van der Waals surface area contributed by atoms with Crippen molar-refractivity contribution in [3.63, 3.8) is 0 Å². The van der Waals surface area contributed by atoms with Gasteiger partial charge in [-0.05, 0) is 80.1 Å². The van der Waals surface area contributed by atoms with E-state index in [9.17, 15) is 19.8 Å². The third-order valence-corrected chi connectivity index (χ3v) is 4.66. The molecule has 33 heavy (non-hydrogen) atoms. The van der Waals surface area contributed by atoms with E-state index in [4.69, 9.17) is 16.2 Å². The van der Waals surface area contributed by atoms with Crippen LogP contribution in [0.15, 0.2) is 36.4 Å². The van der Waals surface area contributed by atoms with Gasteiger partial charge in [0.1, 0.15) is 17.1 Å². The van der Waals surface area contributed by atoms with Gasteiger partial charge in [0.05, 0.1) is 7.11 Å². The molecule has 0 radical (unpaired) electrons. The molecular formula is C25H36N2O6. The molecule has 182 valence electrons. The van der Waals surface area contributed by atoms with E-state index in [0.717, 1.165) is 22.3 Å². The lowest BCUT2D eigenvalue weighted by Gasteiger charge is -2.19. The van der Waals surface area contributed by atoms with Gasteiger partial charge in [0.2, 0.25) is 0 Å². The predicted octanol–water partition coefficient (Wildman–Crippen LogP) is 3.08. The average molecular weight is 461 g/mol. The van der Waals surface area contributed by atoms with E-state index in [1.807, 2.05) is 20.8 Å². The summed E-state index contributed by atoms with van der Waals surface area (Å²) in [7, 11) is 1.36. The molecule has 0 fully saturated rings. The molecular weight excluding hydrogens is 424 g/mol. The Labute approximate surface area is 195 Å². The maximum absolute atomic E-state index is 11.6. The lowest BCUT2D eigenvalue weighted by molar-refractivity contribution is -0.154. The van der Waals surface area contributed by atoms with Gasteiger partial charge in [-0.2, -0.15) is 0 Å². The Hall–Kier alpha value is -3.10. The normalized spacial score (nSPS) is 10.7. The quantitative estimate of drug-likeness (QED) is 0.440. The van der Waals surface area contributed by atoms with Gasteiger partial charge in [0, 0.05) is 25.9 Å². The van der Waals surface area contributed by atoms with Crippen molar-refractivity contribution >= 4 is 11.9 Å². The van der Waals surface area contributed by atoms with Crippen molar-refractivity contribution in [1.82, 2.24) is 0 Å². The van der Waals surface area contributed by atoms with Gasteiger partial charge in [-0.1, -0.05) is 12.1 Å². The Balaban J connectivity index is 0.000000335. The maximum atomic E-state index is 11.6. The highest BCUT2D eigenvalue weighted by Gasteiger charge is 2.16. The second-order valence-electron chi connectivity index (χ2n) is 8.48. The van der Waals surface area contributed by atoms with Crippen LogP contribution in [0.4, 0.5) is 0 Å². The standard InChI is InChI=1S/C14H21NO3.C11H15NO3/c1-14(2,3)18-13(17)7-5-10-4-6-12(16)8-11(10)9-15;1-15-11(14)5-3-8-2-4-10(13)6-9(8)7-12/h4,6,8,16H,5,7,9,15H2,1-3H3;2,4,6,13H,3,5,7,12H2,1H3. The van der Waals surface area contributed by atoms with Crippen LogP contribution in [0.1, 0.15) is 55.9 Å². The number of ether oxygens (including phenoxy) is 2. The zero-order chi connectivity index (χ0) is 25.0. The lowest BCUT2D eigenvalue weighted by atomic mass is 10.0. The molecule has 6 N–H and O–H groups in total. The predicted molar refractivity (Wildman–Crippen MR) is 126 cm³/mol. The molecule has 0 saturated heterocycles. The summed E-state index contributed by atoms with van der Waals surface area (Å²) < 4.78 is 9.79. The van der Waals surface area contributed by atoms with E-state index in [0.29, 0.717) is 38.8 Å². The molecule has 2 rings (SSSR count). The molecule has 2 aromatic rings. The van der Waals surface area contributed by atoms with E-state index in [1.165, 1.54) is 7.11 Å². The number of carbonyl (C=O) groups excluding carboxylic acids is 2. The number of rotatable bonds is 8. The Morgan fingerprint density at radius 3 is 1.58 bits per heavy atom. The van der Waals surface area contributed by atoms with Crippen LogP contribution in [0.2, 0.25) is 0 Å². The van der Waals surface area contributed by atoms with Crippen molar-refractivity contribution in [2.24, 2.45) is 11.5 Å². The minimum Gasteiger partial charge on any atom is -0.508 e. The summed E-state index contributed by atoms with van der Waals surface area (Å²) in [6, 6.07) is 10.0. The second-order valence-corrected chi connectivity index (χ2v) is 8.48. The summed E-state index contributed by atoms with van der Waals surface area (Å²) in [6.45, 7) is 6.23. The highest BCUT2D eigenvalue weighted by Crippen LogP contribution is 2.19. The SMILES string of the molecule is CC(C)(C)OC(=O)CCc1ccc(O)cc1CN.COC(=O)CCc1ccc(O)cc1CN. The topological polar surface area (TPSA) is 145 Å². The van der Waals surface area contributed by atoms with Crippen LogP contribution >= 0.6 is 0 Å². The largest absolute Gasteiger partial charge is 0.508 e. The van der Waals surface area contributed by atoms with Gasteiger partial charge >= 0.3 is 11.9 Å². The van der Waals surface area contributed by atoms with Crippen LogP contribution in [-0.2, 0) is 45.0 Å². The highest BCUT2D eigenvalue weighted by atomic mass is 16.6. The van der Waals surface area contributed by atoms with E-state index >= 15 is 0 Å². The maximum Gasteiger partial charge on any atom is 0.306 e. The van der Waals surface area contributed by atoms with Crippen molar-refractivity contribution in [3.8, 4) is 11.5 Å². The lowest BCUT2D eigenvalue weighted by Crippen LogP contribution is -2.24. The number of carbonyl (C=O) groups is 2. The fourth-order valence-corrected chi connectivity index (χ4v) is 3.06. The number of phenols is 2. The molecule has 0 spiro atoms. The Bertz CT molecular complexity index is 922. The van der Waals surface area contributed by atoms with Crippen LogP contribution in [0.25, 0.3) is 0 Å². The van der Waals surface area contributed by atoms with Gasteiger partial charge in [0.15, 0.2) is 0 Å². The molecule has 0 bridgehead atoms. The molecule has 0 atom stereocenters. The molecule has 0 amide bonds. The monoisotopic (exact) mass is 460 g/mol. The molecule has 0 aliphatic rings. The van der Waals surface area contributed by atoms with Crippen LogP contribution in [-0.4, -0.2) is 34.9 Å². The van der Waals surface area contributed by atoms with E-state index in [1.54, 1.807) is 36.4 Å². The number of hydrogen-bond acceptors (Lipinski definition) is 8. The van der Waals surface area contributed by atoms with E-state index in [2.05, 4.69) is 4.74 Å². The first kappa shape index (κ1) is 27.9. The molecule has 0 aromatic heterocycles. The number of aryl methyl sites for hydroxylation is 2. The van der Waals surface area contributed by atoms with Gasteiger partial charge < -0.3 is 31.2 Å². The summed E-state index contributed by atoms with van der Waals surface area (Å²) in [5.74, 6) is -0.0849. The summed E-state index contributed by atoms with van der Waals surface area (Å²) in [4.78, 5) is 22.5. The van der Waals surface area contributed by atoms with E-state index in [-0.39, 0.29) is 23.4 Å². The molecule has 0 aliphatic heterocycles. The summed E-state index contributed by atoms with van der Waals surface area (Å²) in [5.41, 5.74) is 14.3. The number of methoxy groups -OCH3 is 1. The number of benzene rings is 2. The molecule has 0 aliphatic carbocycles. The van der Waals surface area contributed by atoms with Gasteiger partial charge in [-0.15, -0.1) is 0 Å². The Morgan fingerprint density at radius 2 is 1.21 bits per heavy atom. The van der Waals surface area contributed by atoms with Crippen molar-refractivity contribution < 1.29 is 29.3 Å². The smallest absolute Gasteiger partial charge is 0.306 e. The molecule has 0 heterocycles. The van der Waals surface area contributed by atoms with Gasteiger partial charge in [-0.3, -0.25) is 9.59 Å². The van der Waals surface area contributed by atoms with Gasteiger partial charge in [0.25, 0.3) is 0 Å². The van der Waals surface area contributed by atoms with Crippen molar-refractivity contribution in [2.45, 2.75) is 65.1 Å². The fraction of sp³-hybridized carbons (Fsp3) is 0.440. The zero-order valence-corrected chi connectivity index (χ0v) is 19.9. The second kappa shape index (κ2) is 13.4. The van der Waals surface area contributed by atoms with Crippen LogP contribution in [0.3, 0.4) is 0 Å². The minimum absolute atomic E-state index is 0.191. The first-order chi connectivity index (χ1) is 15.5. The molecule has 0 unspecified atom stereocenters. The number of hydrogen-bond donors (Lipinski definition) is 4. The third-order valence-electron chi connectivity index (χ3n) is 4.66. The van der Waals surface area contributed by atoms with Crippen molar-refractivity contribution in [2.75, 3.05) is 7.11 Å². The Kier molecular flexibility index (Phi) is 11.4. The zero-order valence-electron chi connectivity index (χ0n) is 19.9. The third kappa shape index (κ3) is 10.9. The number of nitrogens with two attached hydrogens (primary N) is 2. The average Bonchev–Trinajstić information content (AvgIpc) is 2.76. The van der Waals surface area contributed by atoms with Crippen LogP contribution in [0, 0.1) is 0 Å². The fourth-order valence-electron chi connectivity index (χ4n) is 3.06. The van der Waals surface area contributed by atoms with Crippen molar-refractivity contribution in [3.05, 3.63) is 58.7 Å². The summed E-state index contributed by atoms with van der Waals surface area (Å²) in [5, 5.41) is 18.6. The van der Waals surface area contributed by atoms with Gasteiger partial charge in [-0.25, -0.2) is 0 Å². The minimum atomic E-state index is -0.456. The van der Waals surface area contributed by atoms with Crippen LogP contribution < -0.4 is 11.5 Å². The molecule has 8 heteroatoms. The first-order valence-electron chi connectivity index (χ1n) is 10.8. The Morgan fingerprint density at radius 1 is 0.788 bits per heavy atom. The van der Waals surface area contributed by atoms with Crippen molar-refractivity contribution in [1.29, 1.82) is 0 Å². The first-order valence-corrected chi connectivity index (χ1v) is 10.8. The summed E-state index contributed by atoms with van der Waals surface area (Å²) in [6.07, 6.45) is 1.80. The van der Waals surface area contributed by atoms with E-state index < -0.39 is 5.60 Å². The molecule has 8 nitrogen and oxygen atoms in total. The number of phenolic OH excluding ortho intramolecular Hbond substituents is 2. The molecule has 2 aromatic carbocycles.